The molecule has 1 atom stereocenters. The van der Waals surface area contributed by atoms with Gasteiger partial charge in [0.2, 0.25) is 0 Å². The summed E-state index contributed by atoms with van der Waals surface area (Å²) in [6.45, 7) is 1.56. The van der Waals surface area contributed by atoms with E-state index in [-0.39, 0.29) is 36.2 Å². The molecule has 0 aliphatic heterocycles. The third-order valence-electron chi connectivity index (χ3n) is 0.917. The van der Waals surface area contributed by atoms with Crippen molar-refractivity contribution in [3.63, 3.8) is 0 Å². The first-order valence-electron chi connectivity index (χ1n) is 2.61. The Morgan fingerprint density at radius 1 is 1.60 bits per heavy atom. The molecule has 0 amide bonds. The molecule has 0 aromatic rings. The maximum Gasteiger partial charge on any atom is 0.311 e. The van der Waals surface area contributed by atoms with Crippen LogP contribution < -0.4 is 0 Å². The summed E-state index contributed by atoms with van der Waals surface area (Å²) in [5.41, 5.74) is 0. The second kappa shape index (κ2) is 7.68. The Morgan fingerprint density at radius 3 is 2.20 bits per heavy atom. The van der Waals surface area contributed by atoms with Gasteiger partial charge in [-0.3, -0.25) is 0 Å². The molecule has 10 heavy (non-hydrogen) atoms. The fourth-order valence-electron chi connectivity index (χ4n) is 0.359. The quantitative estimate of drug-likeness (QED) is 0.583. The van der Waals surface area contributed by atoms with Crippen molar-refractivity contribution in [1.29, 1.82) is 0 Å². The zero-order valence-corrected chi connectivity index (χ0v) is 8.93. The molecule has 6 heteroatoms. The van der Waals surface area contributed by atoms with Gasteiger partial charge in [0, 0.05) is 29.6 Å². The second-order valence-corrected chi connectivity index (χ2v) is 2.21. The van der Waals surface area contributed by atoms with E-state index >= 15 is 0 Å². The van der Waals surface area contributed by atoms with Crippen molar-refractivity contribution in [2.45, 2.75) is 19.4 Å². The van der Waals surface area contributed by atoms with Crippen LogP contribution in [0, 0.1) is 0 Å². The first kappa shape index (κ1) is 13.2. The van der Waals surface area contributed by atoms with Gasteiger partial charge < -0.3 is 5.11 Å². The third-order valence-corrected chi connectivity index (χ3v) is 1.39. The average molecular weight is 174 g/mol. The first-order chi connectivity index (χ1) is 4.20. The smallest absolute Gasteiger partial charge is 0.311 e. The summed E-state index contributed by atoms with van der Waals surface area (Å²) in [5, 5.41) is 8.41. The van der Waals surface area contributed by atoms with E-state index in [2.05, 4.69) is 4.36 Å². The van der Waals surface area contributed by atoms with E-state index < -0.39 is 16.5 Å². The van der Waals surface area contributed by atoms with Crippen LogP contribution in [0.4, 0.5) is 0 Å². The summed E-state index contributed by atoms with van der Waals surface area (Å²) in [4.78, 5) is 0. The van der Waals surface area contributed by atoms with Crippen molar-refractivity contribution in [2.75, 3.05) is 6.61 Å². The fraction of sp³-hybridized carbons (Fsp3) is 1.00. The molecule has 0 aliphatic carbocycles. The summed E-state index contributed by atoms with van der Waals surface area (Å²) in [5.74, 6) is 0. The van der Waals surface area contributed by atoms with E-state index in [1.165, 1.54) is 0 Å². The van der Waals surface area contributed by atoms with E-state index in [4.69, 9.17) is 5.11 Å². The van der Waals surface area contributed by atoms with Crippen LogP contribution in [0.15, 0.2) is 4.36 Å². The van der Waals surface area contributed by atoms with Gasteiger partial charge in [-0.25, -0.2) is 0 Å². The molecule has 1 radical (unpaired) electrons. The standard InChI is InChI=1S/C4H9NO3S.Na/c1-2-4(3-6)5-9(7)8;/h4,6H,2-3H2,1H3;. The second-order valence-electron chi connectivity index (χ2n) is 1.57. The monoisotopic (exact) mass is 174 g/mol. The molecule has 55 valence electrons. The SMILES string of the molecule is CCC(CO)N=S(=O)=O.[Na]. The Bertz CT molecular complexity index is 177. The Kier molecular flexibility index (Phi) is 10.1. The molecule has 0 saturated carbocycles. The van der Waals surface area contributed by atoms with Crippen molar-refractivity contribution < 1.29 is 13.5 Å². The number of hydrogen-bond acceptors (Lipinski definition) is 4. The topological polar surface area (TPSA) is 66.7 Å². The predicted molar refractivity (Wildman–Crippen MR) is 38.3 cm³/mol. The van der Waals surface area contributed by atoms with Crippen molar-refractivity contribution >= 4 is 40.1 Å². The van der Waals surface area contributed by atoms with E-state index in [1.54, 1.807) is 6.92 Å². The van der Waals surface area contributed by atoms with Crippen LogP contribution in [-0.4, -0.2) is 55.7 Å². The number of nitrogens with zero attached hydrogens (tertiary/aromatic N) is 1. The minimum absolute atomic E-state index is 0. The molecular weight excluding hydrogens is 165 g/mol. The molecular formula is C4H9NNaO3S. The summed E-state index contributed by atoms with van der Waals surface area (Å²) in [7, 11) is -2.38. The van der Waals surface area contributed by atoms with Gasteiger partial charge in [0.05, 0.1) is 12.6 Å². The number of aliphatic hydroxyl groups excluding tert-OH is 1. The van der Waals surface area contributed by atoms with Gasteiger partial charge in [0.15, 0.2) is 0 Å². The normalized spacial score (nSPS) is 11.4. The summed E-state index contributed by atoms with van der Waals surface area (Å²) >= 11 is 0. The zero-order chi connectivity index (χ0) is 7.28. The van der Waals surface area contributed by atoms with Crippen molar-refractivity contribution in [3.05, 3.63) is 0 Å². The van der Waals surface area contributed by atoms with Crippen molar-refractivity contribution in [2.24, 2.45) is 4.36 Å². The maximum absolute atomic E-state index is 9.85. The minimum Gasteiger partial charge on any atom is -0.394 e. The molecule has 0 bridgehead atoms. The first-order valence-corrected chi connectivity index (χ1v) is 3.65. The summed E-state index contributed by atoms with van der Waals surface area (Å²) in [6.07, 6.45) is 0.546. The van der Waals surface area contributed by atoms with Gasteiger partial charge in [-0.05, 0) is 6.42 Å². The van der Waals surface area contributed by atoms with E-state index in [0.717, 1.165) is 0 Å². The van der Waals surface area contributed by atoms with Crippen LogP contribution in [0.3, 0.4) is 0 Å². The van der Waals surface area contributed by atoms with E-state index in [9.17, 15) is 8.42 Å². The Hall–Kier alpha value is 0.580. The molecule has 0 saturated heterocycles. The van der Waals surface area contributed by atoms with Crippen LogP contribution in [0.2, 0.25) is 0 Å². The average Bonchev–Trinajstić information content (AvgIpc) is 1.82. The largest absolute Gasteiger partial charge is 0.394 e. The van der Waals surface area contributed by atoms with Gasteiger partial charge in [-0.1, -0.05) is 6.92 Å². The molecule has 1 unspecified atom stereocenters. The Labute approximate surface area is 83.6 Å². The Balaban J connectivity index is 0. The summed E-state index contributed by atoms with van der Waals surface area (Å²) in [6, 6.07) is -0.455. The molecule has 0 fully saturated rings. The van der Waals surface area contributed by atoms with Crippen LogP contribution in [0.25, 0.3) is 0 Å². The van der Waals surface area contributed by atoms with Gasteiger partial charge >= 0.3 is 10.5 Å². The molecule has 0 spiro atoms. The molecule has 4 nitrogen and oxygen atoms in total. The third kappa shape index (κ3) is 6.70. The van der Waals surface area contributed by atoms with E-state index in [1.807, 2.05) is 0 Å². The molecule has 0 aromatic carbocycles. The number of hydrogen-bond donors (Lipinski definition) is 1. The predicted octanol–water partition coefficient (Wildman–Crippen LogP) is -0.561. The molecule has 0 aliphatic rings. The minimum atomic E-state index is -2.38. The maximum atomic E-state index is 9.85. The fourth-order valence-corrected chi connectivity index (χ4v) is 0.818. The van der Waals surface area contributed by atoms with Crippen LogP contribution >= 0.6 is 0 Å². The number of aliphatic hydroxyl groups is 1. The van der Waals surface area contributed by atoms with Crippen LogP contribution in [0.5, 0.6) is 0 Å². The van der Waals surface area contributed by atoms with Crippen LogP contribution in [-0.2, 0) is 10.5 Å². The van der Waals surface area contributed by atoms with Gasteiger partial charge in [-0.2, -0.15) is 12.8 Å². The van der Waals surface area contributed by atoms with Crippen molar-refractivity contribution in [3.8, 4) is 0 Å². The molecule has 0 heterocycles. The number of rotatable bonds is 3. The molecule has 0 aromatic heterocycles. The van der Waals surface area contributed by atoms with Crippen molar-refractivity contribution in [1.82, 2.24) is 0 Å². The van der Waals surface area contributed by atoms with Gasteiger partial charge in [0.25, 0.3) is 0 Å². The zero-order valence-electron chi connectivity index (χ0n) is 6.11. The van der Waals surface area contributed by atoms with E-state index in [0.29, 0.717) is 6.42 Å². The molecule has 1 N–H and O–H groups in total. The van der Waals surface area contributed by atoms with Crippen LogP contribution in [0.1, 0.15) is 13.3 Å². The van der Waals surface area contributed by atoms with Gasteiger partial charge in [-0.15, -0.1) is 0 Å². The Morgan fingerprint density at radius 2 is 2.10 bits per heavy atom. The summed E-state index contributed by atoms with van der Waals surface area (Å²) < 4.78 is 22.9. The van der Waals surface area contributed by atoms with Gasteiger partial charge in [0.1, 0.15) is 0 Å². The molecule has 0 rings (SSSR count).